The first-order chi connectivity index (χ1) is 31.2. The highest BCUT2D eigenvalue weighted by Crippen LogP contribution is 2.49. The molecule has 6 heteroatoms. The van der Waals surface area contributed by atoms with Crippen LogP contribution in [0.3, 0.4) is 0 Å². The van der Waals surface area contributed by atoms with Crippen LogP contribution in [0.1, 0.15) is 69.4 Å². The molecule has 3 aromatic heterocycles. The molecular formula is C59H51BN2O3. The first kappa shape index (κ1) is 39.4. The Bertz CT molecular complexity index is 3480. The number of aryl methyl sites for hydroxylation is 3. The third kappa shape index (κ3) is 6.14. The summed E-state index contributed by atoms with van der Waals surface area (Å²) in [6.45, 7) is 20.3. The van der Waals surface area contributed by atoms with E-state index < -0.39 is 0 Å². The molecule has 0 bridgehead atoms. The lowest BCUT2D eigenvalue weighted by Gasteiger charge is -2.43. The highest BCUT2D eigenvalue weighted by Gasteiger charge is 2.47. The van der Waals surface area contributed by atoms with Crippen molar-refractivity contribution >= 4 is 90.3 Å². The Morgan fingerprint density at radius 2 is 1.05 bits per heavy atom. The summed E-state index contributed by atoms with van der Waals surface area (Å²) in [6.07, 6.45) is 0. The molecule has 0 saturated heterocycles. The van der Waals surface area contributed by atoms with Gasteiger partial charge in [0.25, 0.3) is 6.71 Å². The van der Waals surface area contributed by atoms with Crippen LogP contribution in [0.4, 0.5) is 34.3 Å². The van der Waals surface area contributed by atoms with Crippen molar-refractivity contribution in [2.24, 2.45) is 0 Å². The van der Waals surface area contributed by atoms with Gasteiger partial charge in [0.1, 0.15) is 28.3 Å². The van der Waals surface area contributed by atoms with Gasteiger partial charge in [-0.05, 0) is 155 Å². The predicted molar refractivity (Wildman–Crippen MR) is 272 cm³/mol. The maximum absolute atomic E-state index is 7.27. The second-order valence-electron chi connectivity index (χ2n) is 20.4. The molecule has 10 aromatic rings. The SMILES string of the molecule is Cc1cc2c3c(c1)N(c1c(C)cc(C(C)(C)C)cc1C)c1oc4ccc(C(C)(C)C)cc4c1B3c1cc(-c3cc4ccccc4o3)ccc1N2c1ccc(-c2cc3ccccc3o2)cc1. The second kappa shape index (κ2) is 13.9. The van der Waals surface area contributed by atoms with E-state index in [1.165, 1.54) is 44.2 Å². The molecule has 0 fully saturated rings. The predicted octanol–water partition coefficient (Wildman–Crippen LogP) is 14.9. The van der Waals surface area contributed by atoms with Crippen molar-refractivity contribution in [3.05, 3.63) is 173 Å². The molecule has 0 radical (unpaired) electrons. The Hall–Kier alpha value is -7.18. The topological polar surface area (TPSA) is 45.9 Å². The molecule has 318 valence electrons. The van der Waals surface area contributed by atoms with Crippen LogP contribution < -0.4 is 26.2 Å². The number of hydrogen-bond donors (Lipinski definition) is 0. The van der Waals surface area contributed by atoms with Crippen LogP contribution in [0.15, 0.2) is 159 Å². The van der Waals surface area contributed by atoms with Gasteiger partial charge in [0.05, 0.1) is 5.69 Å². The monoisotopic (exact) mass is 846 g/mol. The summed E-state index contributed by atoms with van der Waals surface area (Å²) < 4.78 is 20.2. The molecule has 0 amide bonds. The summed E-state index contributed by atoms with van der Waals surface area (Å²) in [5, 5.41) is 3.33. The lowest BCUT2D eigenvalue weighted by Crippen LogP contribution is -2.61. The van der Waals surface area contributed by atoms with E-state index in [1.807, 2.05) is 24.3 Å². The highest BCUT2D eigenvalue weighted by atomic mass is 16.4. The summed E-state index contributed by atoms with van der Waals surface area (Å²) in [4.78, 5) is 4.92. The number of anilines is 6. The molecule has 5 nitrogen and oxygen atoms in total. The molecule has 0 aliphatic carbocycles. The molecule has 12 rings (SSSR count). The molecule has 0 N–H and O–H groups in total. The summed E-state index contributed by atoms with van der Waals surface area (Å²) in [6, 6.07) is 52.8. The van der Waals surface area contributed by atoms with Crippen molar-refractivity contribution < 1.29 is 13.3 Å². The van der Waals surface area contributed by atoms with Crippen molar-refractivity contribution in [2.75, 3.05) is 9.80 Å². The number of para-hydroxylation sites is 2. The first-order valence-corrected chi connectivity index (χ1v) is 22.8. The normalized spacial score (nSPS) is 13.5. The fourth-order valence-corrected chi connectivity index (χ4v) is 10.5. The Kier molecular flexibility index (Phi) is 8.44. The van der Waals surface area contributed by atoms with Crippen LogP contribution in [0.25, 0.3) is 55.6 Å². The first-order valence-electron chi connectivity index (χ1n) is 22.8. The number of rotatable bonds is 4. The number of benzene rings is 7. The lowest BCUT2D eigenvalue weighted by molar-refractivity contribution is 0.589. The van der Waals surface area contributed by atoms with E-state index in [9.17, 15) is 0 Å². The minimum Gasteiger partial charge on any atom is -0.456 e. The third-order valence-corrected chi connectivity index (χ3v) is 13.8. The summed E-state index contributed by atoms with van der Waals surface area (Å²) in [5.74, 6) is 2.58. The summed E-state index contributed by atoms with van der Waals surface area (Å²) in [5.41, 5.74) is 20.1. The van der Waals surface area contributed by atoms with Crippen molar-refractivity contribution in [1.29, 1.82) is 0 Å². The molecule has 5 heterocycles. The molecule has 65 heavy (non-hydrogen) atoms. The Labute approximate surface area is 381 Å². The van der Waals surface area contributed by atoms with E-state index in [0.29, 0.717) is 0 Å². The molecule has 7 aromatic carbocycles. The van der Waals surface area contributed by atoms with Gasteiger partial charge in [0.15, 0.2) is 0 Å². The van der Waals surface area contributed by atoms with Crippen LogP contribution in [-0.4, -0.2) is 6.71 Å². The highest BCUT2D eigenvalue weighted by molar-refractivity contribution is 7.01. The maximum Gasteiger partial charge on any atom is 0.257 e. The molecule has 2 aliphatic heterocycles. The molecular weight excluding hydrogens is 795 g/mol. The maximum atomic E-state index is 7.27. The standard InChI is InChI=1S/C59H51BN2O3/c1-34-26-47-55-48(27-34)62(56-35(2)28-42(29-36(56)3)59(7,8)9)57-54(44-33-41(58(4,5)6)21-25-51(44)65-57)60(55)45-30-40(53-32-39-15-11-13-17-50(39)64-53)20-24-46(45)61(47)43-22-18-37(19-23-43)52-31-38-14-10-12-16-49(38)63-52/h10-33H,1-9H3. The van der Waals surface area contributed by atoms with Gasteiger partial charge in [-0.15, -0.1) is 0 Å². The van der Waals surface area contributed by atoms with E-state index in [2.05, 4.69) is 193 Å². The second-order valence-corrected chi connectivity index (χ2v) is 20.4. The van der Waals surface area contributed by atoms with Crippen LogP contribution in [0.2, 0.25) is 0 Å². The van der Waals surface area contributed by atoms with Crippen LogP contribution in [0.5, 0.6) is 0 Å². The number of fused-ring (bicyclic) bond motifs is 8. The van der Waals surface area contributed by atoms with Crippen molar-refractivity contribution in [3.63, 3.8) is 0 Å². The van der Waals surface area contributed by atoms with Gasteiger partial charge < -0.3 is 18.2 Å². The van der Waals surface area contributed by atoms with Gasteiger partial charge in [-0.1, -0.05) is 102 Å². The zero-order valence-corrected chi connectivity index (χ0v) is 38.6. The average molecular weight is 847 g/mol. The zero-order chi connectivity index (χ0) is 44.7. The third-order valence-electron chi connectivity index (χ3n) is 13.8. The lowest BCUT2D eigenvalue weighted by atomic mass is 9.33. The van der Waals surface area contributed by atoms with E-state index in [4.69, 9.17) is 13.3 Å². The van der Waals surface area contributed by atoms with Crippen molar-refractivity contribution in [3.8, 4) is 22.6 Å². The van der Waals surface area contributed by atoms with Gasteiger partial charge in [-0.2, -0.15) is 0 Å². The van der Waals surface area contributed by atoms with Crippen LogP contribution >= 0.6 is 0 Å². The van der Waals surface area contributed by atoms with Crippen LogP contribution in [-0.2, 0) is 10.8 Å². The molecule has 2 aliphatic rings. The quantitative estimate of drug-likeness (QED) is 0.165. The minimum atomic E-state index is -0.150. The van der Waals surface area contributed by atoms with E-state index in [1.54, 1.807) is 0 Å². The minimum absolute atomic E-state index is 0.000854. The molecule has 0 saturated carbocycles. The Morgan fingerprint density at radius 3 is 1.66 bits per heavy atom. The van der Waals surface area contributed by atoms with E-state index in [-0.39, 0.29) is 17.5 Å². The van der Waals surface area contributed by atoms with Gasteiger partial charge in [0.2, 0.25) is 5.88 Å². The number of nitrogens with zero attached hydrogens (tertiary/aromatic N) is 2. The number of furan rings is 3. The fourth-order valence-electron chi connectivity index (χ4n) is 10.5. The zero-order valence-electron chi connectivity index (χ0n) is 38.6. The molecule has 0 atom stereocenters. The number of hydrogen-bond acceptors (Lipinski definition) is 5. The smallest absolute Gasteiger partial charge is 0.257 e. The largest absolute Gasteiger partial charge is 0.456 e. The van der Waals surface area contributed by atoms with Gasteiger partial charge >= 0.3 is 0 Å². The molecule has 0 unspecified atom stereocenters. The molecule has 0 spiro atoms. The van der Waals surface area contributed by atoms with Crippen molar-refractivity contribution in [1.82, 2.24) is 0 Å². The fraction of sp³-hybridized carbons (Fsp3) is 0.186. The van der Waals surface area contributed by atoms with E-state index in [0.717, 1.165) is 89.9 Å². The van der Waals surface area contributed by atoms with Gasteiger partial charge in [0, 0.05) is 55.5 Å². The van der Waals surface area contributed by atoms with Crippen molar-refractivity contribution in [2.45, 2.75) is 73.1 Å². The Morgan fingerprint density at radius 1 is 0.462 bits per heavy atom. The average Bonchev–Trinajstić information content (AvgIpc) is 4.01. The summed E-state index contributed by atoms with van der Waals surface area (Å²) >= 11 is 0. The van der Waals surface area contributed by atoms with E-state index >= 15 is 0 Å². The summed E-state index contributed by atoms with van der Waals surface area (Å²) in [7, 11) is 0. The van der Waals surface area contributed by atoms with Gasteiger partial charge in [-0.25, -0.2) is 0 Å². The van der Waals surface area contributed by atoms with Crippen LogP contribution in [0, 0.1) is 20.8 Å². The Balaban J connectivity index is 1.15. The van der Waals surface area contributed by atoms with Gasteiger partial charge in [-0.3, -0.25) is 4.90 Å².